The molecule has 0 spiro atoms. The molecule has 0 aliphatic carbocycles. The van der Waals surface area contributed by atoms with Crippen LogP contribution >= 0.6 is 0 Å². The molecule has 1 aliphatic heterocycles. The molecule has 126 valence electrons. The first kappa shape index (κ1) is 15.4. The van der Waals surface area contributed by atoms with Crippen LogP contribution in [0.1, 0.15) is 29.0 Å². The van der Waals surface area contributed by atoms with Gasteiger partial charge in [0.1, 0.15) is 24.0 Å². The highest BCUT2D eigenvalue weighted by molar-refractivity contribution is 5.94. The van der Waals surface area contributed by atoms with E-state index in [0.29, 0.717) is 18.8 Å². The van der Waals surface area contributed by atoms with Gasteiger partial charge in [0.25, 0.3) is 0 Å². The Labute approximate surface area is 143 Å². The Hall–Kier alpha value is -3.15. The number of aromatic amines is 1. The van der Waals surface area contributed by atoms with Crippen molar-refractivity contribution in [3.05, 3.63) is 77.2 Å². The molecule has 0 saturated heterocycles. The molecule has 3 aromatic rings. The van der Waals surface area contributed by atoms with E-state index in [0.717, 1.165) is 22.4 Å². The number of H-pyrrole nitrogens is 1. The van der Waals surface area contributed by atoms with Crippen LogP contribution in [0.15, 0.2) is 54.7 Å². The molecule has 0 bridgehead atoms. The molecule has 4 rings (SSSR count). The van der Waals surface area contributed by atoms with Crippen molar-refractivity contribution < 1.29 is 13.9 Å². The second-order valence-corrected chi connectivity index (χ2v) is 5.99. The Morgan fingerprint density at radius 3 is 2.64 bits per heavy atom. The lowest BCUT2D eigenvalue weighted by molar-refractivity contribution is -0.116. The van der Waals surface area contributed by atoms with Gasteiger partial charge in [-0.15, -0.1) is 0 Å². The normalized spacial score (nSPS) is 16.2. The number of carbonyl (C=O) groups is 1. The van der Waals surface area contributed by atoms with Gasteiger partial charge < -0.3 is 10.1 Å². The third kappa shape index (κ3) is 3.24. The summed E-state index contributed by atoms with van der Waals surface area (Å²) >= 11 is 0. The lowest BCUT2D eigenvalue weighted by Gasteiger charge is -2.22. The Morgan fingerprint density at radius 1 is 1.12 bits per heavy atom. The summed E-state index contributed by atoms with van der Waals surface area (Å²) in [6.45, 7) is 0.372. The van der Waals surface area contributed by atoms with Crippen LogP contribution in [-0.4, -0.2) is 16.1 Å². The standard InChI is InChI=1S/C19H16FN3O2/c20-14-5-1-12(2-6-14)11-25-15-7-3-13(4-8-15)16-9-18(24)22-19-17(16)10-21-23-19/h1-8,10,16H,9,11H2,(H2,21,22,23,24)/t16-/m0/s1. The van der Waals surface area contributed by atoms with Gasteiger partial charge in [0, 0.05) is 17.9 Å². The van der Waals surface area contributed by atoms with Crippen LogP contribution in [0.3, 0.4) is 0 Å². The summed E-state index contributed by atoms with van der Waals surface area (Å²) in [5.41, 5.74) is 2.92. The van der Waals surface area contributed by atoms with Gasteiger partial charge in [0.2, 0.25) is 5.91 Å². The maximum absolute atomic E-state index is 12.9. The van der Waals surface area contributed by atoms with Gasteiger partial charge in [-0.3, -0.25) is 9.89 Å². The smallest absolute Gasteiger partial charge is 0.226 e. The second kappa shape index (κ2) is 6.39. The van der Waals surface area contributed by atoms with Crippen molar-refractivity contribution in [2.75, 3.05) is 5.32 Å². The number of anilines is 1. The van der Waals surface area contributed by atoms with Gasteiger partial charge in [0.15, 0.2) is 0 Å². The van der Waals surface area contributed by atoms with Crippen LogP contribution in [0.2, 0.25) is 0 Å². The van der Waals surface area contributed by atoms with Gasteiger partial charge in [-0.05, 0) is 35.4 Å². The first-order chi connectivity index (χ1) is 12.2. The van der Waals surface area contributed by atoms with Crippen molar-refractivity contribution >= 4 is 11.7 Å². The van der Waals surface area contributed by atoms with E-state index in [1.165, 1.54) is 12.1 Å². The first-order valence-corrected chi connectivity index (χ1v) is 7.99. The van der Waals surface area contributed by atoms with Crippen molar-refractivity contribution in [3.63, 3.8) is 0 Å². The van der Waals surface area contributed by atoms with E-state index in [2.05, 4.69) is 15.5 Å². The predicted octanol–water partition coefficient (Wildman–Crippen LogP) is 3.60. The van der Waals surface area contributed by atoms with Crippen molar-refractivity contribution in [2.24, 2.45) is 0 Å². The van der Waals surface area contributed by atoms with Crippen LogP contribution < -0.4 is 10.1 Å². The molecular weight excluding hydrogens is 321 g/mol. The zero-order valence-corrected chi connectivity index (χ0v) is 13.3. The number of amides is 1. The zero-order chi connectivity index (χ0) is 17.2. The molecule has 1 amide bonds. The third-order valence-electron chi connectivity index (χ3n) is 4.30. The minimum Gasteiger partial charge on any atom is -0.489 e. The topological polar surface area (TPSA) is 67.0 Å². The SMILES string of the molecule is O=C1C[C@@H](c2ccc(OCc3ccc(F)cc3)cc2)c2cn[nH]c2N1. The highest BCUT2D eigenvalue weighted by Crippen LogP contribution is 2.36. The number of ether oxygens (including phenoxy) is 1. The molecule has 0 saturated carbocycles. The summed E-state index contributed by atoms with van der Waals surface area (Å²) < 4.78 is 18.6. The molecule has 0 radical (unpaired) electrons. The molecule has 2 N–H and O–H groups in total. The number of rotatable bonds is 4. The number of hydrogen-bond acceptors (Lipinski definition) is 3. The van der Waals surface area contributed by atoms with E-state index in [9.17, 15) is 9.18 Å². The number of carbonyl (C=O) groups excluding carboxylic acids is 1. The number of nitrogens with one attached hydrogen (secondary N) is 2. The Morgan fingerprint density at radius 2 is 1.88 bits per heavy atom. The van der Waals surface area contributed by atoms with E-state index >= 15 is 0 Å². The van der Waals surface area contributed by atoms with E-state index in [1.807, 2.05) is 24.3 Å². The molecule has 0 unspecified atom stereocenters. The van der Waals surface area contributed by atoms with Gasteiger partial charge in [-0.2, -0.15) is 5.10 Å². The predicted molar refractivity (Wildman–Crippen MR) is 90.9 cm³/mol. The van der Waals surface area contributed by atoms with Crippen molar-refractivity contribution in [1.82, 2.24) is 10.2 Å². The number of benzene rings is 2. The summed E-state index contributed by atoms with van der Waals surface area (Å²) in [7, 11) is 0. The molecule has 25 heavy (non-hydrogen) atoms. The maximum atomic E-state index is 12.9. The summed E-state index contributed by atoms with van der Waals surface area (Å²) in [6, 6.07) is 13.9. The Bertz CT molecular complexity index is 888. The lowest BCUT2D eigenvalue weighted by atomic mass is 9.87. The molecule has 6 heteroatoms. The molecule has 5 nitrogen and oxygen atoms in total. The average Bonchev–Trinajstić information content (AvgIpc) is 3.09. The molecule has 2 heterocycles. The minimum absolute atomic E-state index is 0.0198. The first-order valence-electron chi connectivity index (χ1n) is 7.99. The fraction of sp³-hybridized carbons (Fsp3) is 0.158. The van der Waals surface area contributed by atoms with Crippen LogP contribution in [-0.2, 0) is 11.4 Å². The van der Waals surface area contributed by atoms with E-state index in [-0.39, 0.29) is 17.6 Å². The monoisotopic (exact) mass is 337 g/mol. The minimum atomic E-state index is -0.261. The number of aromatic nitrogens is 2. The van der Waals surface area contributed by atoms with Crippen LogP contribution in [0, 0.1) is 5.82 Å². The maximum Gasteiger partial charge on any atom is 0.226 e. The Balaban J connectivity index is 1.47. The van der Waals surface area contributed by atoms with E-state index < -0.39 is 0 Å². The summed E-state index contributed by atoms with van der Waals surface area (Å²) in [4.78, 5) is 11.8. The fourth-order valence-electron chi connectivity index (χ4n) is 2.99. The number of hydrogen-bond donors (Lipinski definition) is 2. The molecule has 1 atom stereocenters. The van der Waals surface area contributed by atoms with Crippen LogP contribution in [0.25, 0.3) is 0 Å². The molecule has 1 aliphatic rings. The van der Waals surface area contributed by atoms with Crippen LogP contribution in [0.5, 0.6) is 5.75 Å². The van der Waals surface area contributed by atoms with Gasteiger partial charge >= 0.3 is 0 Å². The zero-order valence-electron chi connectivity index (χ0n) is 13.3. The highest BCUT2D eigenvalue weighted by Gasteiger charge is 2.27. The molecule has 1 aromatic heterocycles. The van der Waals surface area contributed by atoms with Gasteiger partial charge in [0.05, 0.1) is 6.20 Å². The number of fused-ring (bicyclic) bond motifs is 1. The third-order valence-corrected chi connectivity index (χ3v) is 4.30. The van der Waals surface area contributed by atoms with Gasteiger partial charge in [-0.1, -0.05) is 24.3 Å². The summed E-state index contributed by atoms with van der Waals surface area (Å²) in [5.74, 6) is 1.08. The lowest BCUT2D eigenvalue weighted by Crippen LogP contribution is -2.22. The summed E-state index contributed by atoms with van der Waals surface area (Å²) in [5, 5.41) is 9.60. The second-order valence-electron chi connectivity index (χ2n) is 5.99. The summed E-state index contributed by atoms with van der Waals surface area (Å²) in [6.07, 6.45) is 2.14. The quantitative estimate of drug-likeness (QED) is 0.764. The van der Waals surface area contributed by atoms with E-state index in [1.54, 1.807) is 18.3 Å². The Kier molecular flexibility index (Phi) is 3.93. The van der Waals surface area contributed by atoms with Crippen molar-refractivity contribution in [2.45, 2.75) is 18.9 Å². The van der Waals surface area contributed by atoms with E-state index in [4.69, 9.17) is 4.74 Å². The number of nitrogens with zero attached hydrogens (tertiary/aromatic N) is 1. The van der Waals surface area contributed by atoms with Crippen molar-refractivity contribution in [1.29, 1.82) is 0 Å². The number of halogens is 1. The average molecular weight is 337 g/mol. The van der Waals surface area contributed by atoms with Gasteiger partial charge in [-0.25, -0.2) is 4.39 Å². The molecular formula is C19H16FN3O2. The van der Waals surface area contributed by atoms with Crippen LogP contribution in [0.4, 0.5) is 10.2 Å². The largest absolute Gasteiger partial charge is 0.489 e. The van der Waals surface area contributed by atoms with Crippen molar-refractivity contribution in [3.8, 4) is 5.75 Å². The highest BCUT2D eigenvalue weighted by atomic mass is 19.1. The molecule has 2 aromatic carbocycles. The fourth-order valence-corrected chi connectivity index (χ4v) is 2.99. The molecule has 0 fully saturated rings.